The van der Waals surface area contributed by atoms with Crippen molar-refractivity contribution in [2.45, 2.75) is 12.5 Å². The Kier molecular flexibility index (Phi) is 3.97. The molecule has 6 nitrogen and oxygen atoms in total. The molecule has 2 heterocycles. The zero-order valence-electron chi connectivity index (χ0n) is 11.8. The third kappa shape index (κ3) is 3.04. The van der Waals surface area contributed by atoms with Crippen molar-refractivity contribution in [3.05, 3.63) is 54.0 Å². The van der Waals surface area contributed by atoms with Crippen LogP contribution in [0.2, 0.25) is 0 Å². The van der Waals surface area contributed by atoms with E-state index in [9.17, 15) is 4.79 Å². The molecule has 1 fully saturated rings. The van der Waals surface area contributed by atoms with Crippen LogP contribution < -0.4 is 4.74 Å². The Labute approximate surface area is 128 Å². The molecule has 1 aliphatic rings. The second kappa shape index (κ2) is 6.22. The fourth-order valence-corrected chi connectivity index (χ4v) is 2.43. The number of benzene rings is 1. The van der Waals surface area contributed by atoms with Gasteiger partial charge in [0.25, 0.3) is 5.91 Å². The molecule has 0 radical (unpaired) electrons. The van der Waals surface area contributed by atoms with Crippen LogP contribution in [0.25, 0.3) is 0 Å². The molecule has 0 unspecified atom stereocenters. The number of amides is 1. The molecular weight excluding hydrogens is 280 g/mol. The summed E-state index contributed by atoms with van der Waals surface area (Å²) >= 11 is 0. The molecule has 0 N–H and O–H groups in total. The largest absolute Gasteiger partial charge is 0.472 e. The molecule has 0 spiro atoms. The van der Waals surface area contributed by atoms with Gasteiger partial charge in [-0.05, 0) is 18.2 Å². The lowest BCUT2D eigenvalue weighted by molar-refractivity contribution is 0.0771. The first kappa shape index (κ1) is 14.0. The van der Waals surface area contributed by atoms with Crippen LogP contribution in [0, 0.1) is 11.3 Å². The maximum absolute atomic E-state index is 12.4. The number of carbonyl (C=O) groups excluding carboxylic acids is 1. The molecule has 1 saturated heterocycles. The summed E-state index contributed by atoms with van der Waals surface area (Å²) in [6.45, 7) is 1.14. The number of ether oxygens (including phenoxy) is 1. The summed E-state index contributed by atoms with van der Waals surface area (Å²) in [5, 5.41) is 8.91. The summed E-state index contributed by atoms with van der Waals surface area (Å²) < 4.78 is 5.74. The van der Waals surface area contributed by atoms with Crippen LogP contribution in [-0.2, 0) is 0 Å². The van der Waals surface area contributed by atoms with Crippen LogP contribution in [0.4, 0.5) is 0 Å². The maximum atomic E-state index is 12.4. The highest BCUT2D eigenvalue weighted by Crippen LogP contribution is 2.18. The van der Waals surface area contributed by atoms with Gasteiger partial charge in [0, 0.05) is 30.8 Å². The van der Waals surface area contributed by atoms with Crippen LogP contribution >= 0.6 is 0 Å². The highest BCUT2D eigenvalue weighted by molar-refractivity contribution is 5.94. The van der Waals surface area contributed by atoms with Gasteiger partial charge in [-0.25, -0.2) is 9.97 Å². The van der Waals surface area contributed by atoms with Gasteiger partial charge in [-0.2, -0.15) is 5.26 Å². The van der Waals surface area contributed by atoms with Gasteiger partial charge in [-0.3, -0.25) is 4.79 Å². The smallest absolute Gasteiger partial charge is 0.254 e. The lowest BCUT2D eigenvalue weighted by Gasteiger charge is -2.17. The second-order valence-electron chi connectivity index (χ2n) is 5.02. The van der Waals surface area contributed by atoms with Crippen molar-refractivity contribution in [1.82, 2.24) is 14.9 Å². The molecule has 110 valence electrons. The van der Waals surface area contributed by atoms with Crippen molar-refractivity contribution in [3.63, 3.8) is 0 Å². The lowest BCUT2D eigenvalue weighted by Crippen LogP contribution is -2.31. The molecule has 3 rings (SSSR count). The molecule has 0 bridgehead atoms. The summed E-state index contributed by atoms with van der Waals surface area (Å²) in [5.41, 5.74) is 1.01. The molecule has 2 aromatic rings. The van der Waals surface area contributed by atoms with E-state index in [0.717, 1.165) is 6.42 Å². The average molecular weight is 294 g/mol. The maximum Gasteiger partial charge on any atom is 0.254 e. The summed E-state index contributed by atoms with van der Waals surface area (Å²) in [6, 6.07) is 10.5. The van der Waals surface area contributed by atoms with Gasteiger partial charge in [-0.15, -0.1) is 0 Å². The monoisotopic (exact) mass is 294 g/mol. The van der Waals surface area contributed by atoms with Crippen molar-refractivity contribution >= 4 is 5.91 Å². The standard InChI is InChI=1S/C16H14N4O2/c17-9-12-2-1-3-13(8-12)16(21)20-7-5-14(10-20)22-15-4-6-18-11-19-15/h1-4,6,8,11,14H,5,7,10H2/t14-/m0/s1. The van der Waals surface area contributed by atoms with E-state index in [2.05, 4.69) is 9.97 Å². The summed E-state index contributed by atoms with van der Waals surface area (Å²) in [7, 11) is 0. The number of rotatable bonds is 3. The number of aromatic nitrogens is 2. The van der Waals surface area contributed by atoms with E-state index < -0.39 is 0 Å². The topological polar surface area (TPSA) is 79.1 Å². The van der Waals surface area contributed by atoms with E-state index in [1.807, 2.05) is 6.07 Å². The van der Waals surface area contributed by atoms with Gasteiger partial charge in [0.15, 0.2) is 0 Å². The number of nitriles is 1. The van der Waals surface area contributed by atoms with E-state index in [1.165, 1.54) is 6.33 Å². The molecular formula is C16H14N4O2. The van der Waals surface area contributed by atoms with Gasteiger partial charge in [-0.1, -0.05) is 6.07 Å². The Morgan fingerprint density at radius 2 is 2.32 bits per heavy atom. The van der Waals surface area contributed by atoms with Crippen molar-refractivity contribution in [1.29, 1.82) is 5.26 Å². The number of carbonyl (C=O) groups is 1. The second-order valence-corrected chi connectivity index (χ2v) is 5.02. The van der Waals surface area contributed by atoms with Crippen molar-refractivity contribution in [2.75, 3.05) is 13.1 Å². The van der Waals surface area contributed by atoms with E-state index in [4.69, 9.17) is 10.00 Å². The number of hydrogen-bond acceptors (Lipinski definition) is 5. The zero-order valence-corrected chi connectivity index (χ0v) is 11.8. The highest BCUT2D eigenvalue weighted by atomic mass is 16.5. The Morgan fingerprint density at radius 1 is 1.41 bits per heavy atom. The Balaban J connectivity index is 1.64. The third-order valence-corrected chi connectivity index (χ3v) is 3.51. The van der Waals surface area contributed by atoms with Crippen molar-refractivity contribution in [2.24, 2.45) is 0 Å². The van der Waals surface area contributed by atoms with Crippen LogP contribution in [0.15, 0.2) is 42.9 Å². The molecule has 1 aromatic carbocycles. The first-order valence-electron chi connectivity index (χ1n) is 6.98. The first-order chi connectivity index (χ1) is 10.8. The minimum atomic E-state index is -0.0779. The quantitative estimate of drug-likeness (QED) is 0.860. The average Bonchev–Trinajstić information content (AvgIpc) is 3.03. The Morgan fingerprint density at radius 3 is 3.09 bits per heavy atom. The van der Waals surface area contributed by atoms with Gasteiger partial charge in [0.1, 0.15) is 12.4 Å². The molecule has 1 atom stereocenters. The van der Waals surface area contributed by atoms with Gasteiger partial charge in [0.2, 0.25) is 5.88 Å². The summed E-state index contributed by atoms with van der Waals surface area (Å²) in [6.07, 6.45) is 3.74. The van der Waals surface area contributed by atoms with E-state index in [0.29, 0.717) is 30.1 Å². The Bertz CT molecular complexity index is 712. The first-order valence-corrected chi connectivity index (χ1v) is 6.98. The normalized spacial score (nSPS) is 17.0. The van der Waals surface area contributed by atoms with Gasteiger partial charge in [0.05, 0.1) is 18.2 Å². The molecule has 22 heavy (non-hydrogen) atoms. The fraction of sp³-hybridized carbons (Fsp3) is 0.250. The molecule has 0 saturated carbocycles. The SMILES string of the molecule is N#Cc1cccc(C(=O)N2CC[C@H](Oc3ccncn3)C2)c1. The molecule has 0 aliphatic carbocycles. The van der Waals surface area contributed by atoms with Gasteiger partial charge >= 0.3 is 0 Å². The summed E-state index contributed by atoms with van der Waals surface area (Å²) in [4.78, 5) is 22.0. The molecule has 1 aromatic heterocycles. The molecule has 1 aliphatic heterocycles. The lowest BCUT2D eigenvalue weighted by atomic mass is 10.1. The van der Waals surface area contributed by atoms with E-state index >= 15 is 0 Å². The van der Waals surface area contributed by atoms with Gasteiger partial charge < -0.3 is 9.64 Å². The zero-order chi connectivity index (χ0) is 15.4. The van der Waals surface area contributed by atoms with Crippen LogP contribution in [0.5, 0.6) is 5.88 Å². The van der Waals surface area contributed by atoms with Crippen LogP contribution in [0.3, 0.4) is 0 Å². The van der Waals surface area contributed by atoms with E-state index in [1.54, 1.807) is 41.4 Å². The predicted molar refractivity (Wildman–Crippen MR) is 78.1 cm³/mol. The van der Waals surface area contributed by atoms with Crippen LogP contribution in [-0.4, -0.2) is 40.0 Å². The minimum Gasteiger partial charge on any atom is -0.472 e. The summed E-state index contributed by atoms with van der Waals surface area (Å²) in [5.74, 6) is 0.437. The van der Waals surface area contributed by atoms with E-state index in [-0.39, 0.29) is 12.0 Å². The highest BCUT2D eigenvalue weighted by Gasteiger charge is 2.28. The fourth-order valence-electron chi connectivity index (χ4n) is 2.43. The Hall–Kier alpha value is -2.94. The number of likely N-dealkylation sites (tertiary alicyclic amines) is 1. The molecule has 1 amide bonds. The molecule has 6 heteroatoms. The third-order valence-electron chi connectivity index (χ3n) is 3.51. The van der Waals surface area contributed by atoms with Crippen molar-refractivity contribution in [3.8, 4) is 11.9 Å². The predicted octanol–water partition coefficient (Wildman–Crippen LogP) is 1.64. The van der Waals surface area contributed by atoms with Crippen molar-refractivity contribution < 1.29 is 9.53 Å². The number of hydrogen-bond donors (Lipinski definition) is 0. The minimum absolute atomic E-state index is 0.0713. The number of nitrogens with zero attached hydrogens (tertiary/aromatic N) is 4. The van der Waals surface area contributed by atoms with Crippen LogP contribution in [0.1, 0.15) is 22.3 Å².